The molecule has 0 aliphatic carbocycles. The van der Waals surface area contributed by atoms with Gasteiger partial charge < -0.3 is 5.32 Å². The maximum absolute atomic E-state index is 3.37. The second-order valence-electron chi connectivity index (χ2n) is 3.41. The summed E-state index contributed by atoms with van der Waals surface area (Å²) in [6.45, 7) is 27.1. The zero-order valence-corrected chi connectivity index (χ0v) is 16.5. The first kappa shape index (κ1) is 31.4. The Labute approximate surface area is 127 Å². The fourth-order valence-electron chi connectivity index (χ4n) is 1.38. The molecule has 0 saturated carbocycles. The van der Waals surface area contributed by atoms with Crippen LogP contribution in [0.2, 0.25) is 0 Å². The Morgan fingerprint density at radius 1 is 0.684 bits per heavy atom. The molecule has 0 amide bonds. The zero-order chi connectivity index (χ0) is 16.7. The van der Waals surface area contributed by atoms with Crippen molar-refractivity contribution in [3.63, 3.8) is 0 Å². The molecule has 1 nitrogen and oxygen atoms in total. The van der Waals surface area contributed by atoms with E-state index in [0.29, 0.717) is 5.41 Å². The third-order valence-corrected chi connectivity index (χ3v) is 2.66. The van der Waals surface area contributed by atoms with Crippen LogP contribution in [0.4, 0.5) is 0 Å². The molecule has 1 heterocycles. The third kappa shape index (κ3) is 27.2. The molecule has 0 atom stereocenters. The van der Waals surface area contributed by atoms with Crippen molar-refractivity contribution in [2.75, 3.05) is 13.1 Å². The summed E-state index contributed by atoms with van der Waals surface area (Å²) < 4.78 is 0. The Hall–Kier alpha value is -0.0400. The predicted molar refractivity (Wildman–Crippen MR) is 97.2 cm³/mol. The largest absolute Gasteiger partial charge is 0.317 e. The van der Waals surface area contributed by atoms with E-state index in [1.54, 1.807) is 0 Å². The Kier molecular flexibility index (Phi) is 59.7. The molecule has 1 aliphatic heterocycles. The van der Waals surface area contributed by atoms with Crippen LogP contribution in [0.15, 0.2) is 0 Å². The van der Waals surface area contributed by atoms with Crippen LogP contribution in [0.5, 0.6) is 0 Å². The highest BCUT2D eigenvalue weighted by Gasteiger charge is 2.23. The molecule has 1 saturated heterocycles. The number of rotatable bonds is 1. The molecule has 0 bridgehead atoms. The van der Waals surface area contributed by atoms with Crippen molar-refractivity contribution in [3.8, 4) is 0 Å². The monoisotopic (exact) mass is 277 g/mol. The van der Waals surface area contributed by atoms with Crippen molar-refractivity contribution in [1.82, 2.24) is 5.32 Å². The van der Waals surface area contributed by atoms with Gasteiger partial charge in [0.2, 0.25) is 0 Å². The van der Waals surface area contributed by atoms with Crippen molar-refractivity contribution >= 4 is 0 Å². The highest BCUT2D eigenvalue weighted by Crippen LogP contribution is 2.30. The first-order chi connectivity index (χ1) is 9.27. The zero-order valence-electron chi connectivity index (χ0n) is 16.5. The molecular weight excluding hydrogens is 230 g/mol. The van der Waals surface area contributed by atoms with Crippen molar-refractivity contribution in [1.29, 1.82) is 0 Å². The Morgan fingerprint density at radius 2 is 0.947 bits per heavy atom. The Morgan fingerprint density at radius 3 is 1.11 bits per heavy atom. The quantitative estimate of drug-likeness (QED) is 0.548. The van der Waals surface area contributed by atoms with E-state index in [1.165, 1.54) is 32.4 Å². The number of hydrogen-bond donors (Lipinski definition) is 1. The number of hydrogen-bond acceptors (Lipinski definition) is 1. The molecule has 1 heteroatoms. The maximum Gasteiger partial charge on any atom is -0.00437 e. The SMILES string of the molecule is CC.CC.CC.CC.CC.CCC1(C)CCNCC1. The summed E-state index contributed by atoms with van der Waals surface area (Å²) in [5.41, 5.74) is 0.658. The van der Waals surface area contributed by atoms with Gasteiger partial charge in [0.05, 0.1) is 0 Å². The van der Waals surface area contributed by atoms with Gasteiger partial charge in [-0.05, 0) is 31.3 Å². The highest BCUT2D eigenvalue weighted by atomic mass is 14.9. The average molecular weight is 278 g/mol. The molecule has 1 aliphatic rings. The minimum Gasteiger partial charge on any atom is -0.317 e. The predicted octanol–water partition coefficient (Wildman–Crippen LogP) is 6.92. The van der Waals surface area contributed by atoms with Crippen molar-refractivity contribution < 1.29 is 0 Å². The summed E-state index contributed by atoms with van der Waals surface area (Å²) in [6, 6.07) is 0. The molecule has 1 rings (SSSR count). The van der Waals surface area contributed by atoms with E-state index in [-0.39, 0.29) is 0 Å². The lowest BCUT2D eigenvalue weighted by atomic mass is 9.79. The van der Waals surface area contributed by atoms with Crippen LogP contribution in [0, 0.1) is 5.41 Å². The standard InChI is InChI=1S/C8H17N.5C2H6/c1-3-8(2)4-6-9-7-5-8;5*1-2/h9H,3-7H2,1-2H3;5*1-2H3. The van der Waals surface area contributed by atoms with Crippen LogP contribution < -0.4 is 5.32 Å². The minimum absolute atomic E-state index is 0.658. The van der Waals surface area contributed by atoms with Gasteiger partial charge >= 0.3 is 0 Å². The van der Waals surface area contributed by atoms with E-state index in [4.69, 9.17) is 0 Å². The third-order valence-electron chi connectivity index (χ3n) is 2.66. The summed E-state index contributed by atoms with van der Waals surface area (Å²) in [5.74, 6) is 0. The van der Waals surface area contributed by atoms with Gasteiger partial charge in [-0.15, -0.1) is 0 Å². The van der Waals surface area contributed by atoms with E-state index >= 15 is 0 Å². The fourth-order valence-corrected chi connectivity index (χ4v) is 1.38. The lowest BCUT2D eigenvalue weighted by Crippen LogP contribution is -2.34. The number of piperidine rings is 1. The lowest BCUT2D eigenvalue weighted by Gasteiger charge is -2.32. The average Bonchev–Trinajstić information content (AvgIpc) is 2.58. The first-order valence-electron chi connectivity index (χ1n) is 8.97. The second-order valence-corrected chi connectivity index (χ2v) is 3.41. The highest BCUT2D eigenvalue weighted by molar-refractivity contribution is 4.78. The first-order valence-corrected chi connectivity index (χ1v) is 8.97. The van der Waals surface area contributed by atoms with Crippen molar-refractivity contribution in [2.24, 2.45) is 5.41 Å². The van der Waals surface area contributed by atoms with Gasteiger partial charge in [-0.2, -0.15) is 0 Å². The summed E-state index contributed by atoms with van der Waals surface area (Å²) >= 11 is 0. The van der Waals surface area contributed by atoms with Gasteiger partial charge in [-0.3, -0.25) is 0 Å². The van der Waals surface area contributed by atoms with Crippen LogP contribution in [-0.2, 0) is 0 Å². The molecule has 0 aromatic rings. The van der Waals surface area contributed by atoms with Crippen LogP contribution >= 0.6 is 0 Å². The number of nitrogens with one attached hydrogen (secondary N) is 1. The van der Waals surface area contributed by atoms with Gasteiger partial charge in [-0.25, -0.2) is 0 Å². The van der Waals surface area contributed by atoms with E-state index in [2.05, 4.69) is 19.2 Å². The molecular formula is C18H47N. The van der Waals surface area contributed by atoms with Gasteiger partial charge in [0, 0.05) is 0 Å². The molecule has 0 unspecified atom stereocenters. The summed E-state index contributed by atoms with van der Waals surface area (Å²) in [7, 11) is 0. The van der Waals surface area contributed by atoms with E-state index in [9.17, 15) is 0 Å². The smallest absolute Gasteiger partial charge is 0.00437 e. The van der Waals surface area contributed by atoms with Gasteiger partial charge in [0.1, 0.15) is 0 Å². The van der Waals surface area contributed by atoms with Gasteiger partial charge in [-0.1, -0.05) is 89.5 Å². The molecule has 1 N–H and O–H groups in total. The van der Waals surface area contributed by atoms with E-state index in [1.807, 2.05) is 69.2 Å². The van der Waals surface area contributed by atoms with E-state index in [0.717, 1.165) is 0 Å². The van der Waals surface area contributed by atoms with Gasteiger partial charge in [0.15, 0.2) is 0 Å². The topological polar surface area (TPSA) is 12.0 Å². The van der Waals surface area contributed by atoms with Crippen LogP contribution in [-0.4, -0.2) is 13.1 Å². The fraction of sp³-hybridized carbons (Fsp3) is 1.00. The van der Waals surface area contributed by atoms with Crippen molar-refractivity contribution in [3.05, 3.63) is 0 Å². The van der Waals surface area contributed by atoms with E-state index < -0.39 is 0 Å². The molecule has 0 radical (unpaired) electrons. The Balaban J connectivity index is -0.0000000557. The van der Waals surface area contributed by atoms with Gasteiger partial charge in [0.25, 0.3) is 0 Å². The van der Waals surface area contributed by atoms with Crippen LogP contribution in [0.25, 0.3) is 0 Å². The summed E-state index contributed by atoms with van der Waals surface area (Å²) in [4.78, 5) is 0. The van der Waals surface area contributed by atoms with Crippen LogP contribution in [0.1, 0.15) is 102 Å². The Bertz CT molecular complexity index is 83.7. The van der Waals surface area contributed by atoms with Crippen molar-refractivity contribution in [2.45, 2.75) is 102 Å². The normalized spacial score (nSPS) is 13.9. The molecule has 0 aromatic carbocycles. The minimum atomic E-state index is 0.658. The molecule has 19 heavy (non-hydrogen) atoms. The molecule has 0 spiro atoms. The molecule has 124 valence electrons. The second kappa shape index (κ2) is 36.1. The maximum atomic E-state index is 3.37. The molecule has 0 aromatic heterocycles. The molecule has 1 fully saturated rings. The lowest BCUT2D eigenvalue weighted by molar-refractivity contribution is 0.221. The van der Waals surface area contributed by atoms with Crippen LogP contribution in [0.3, 0.4) is 0 Å². The summed E-state index contributed by atoms with van der Waals surface area (Å²) in [5, 5.41) is 3.37. The summed E-state index contributed by atoms with van der Waals surface area (Å²) in [6.07, 6.45) is 4.07.